The molecule has 0 spiro atoms. The summed E-state index contributed by atoms with van der Waals surface area (Å²) in [5, 5.41) is 0. The van der Waals surface area contributed by atoms with E-state index in [2.05, 4.69) is 20.8 Å². The Bertz CT molecular complexity index is 178. The topological polar surface area (TPSA) is 9.23 Å². The molecular formula is C11H20O. The second kappa shape index (κ2) is 2.73. The van der Waals surface area contributed by atoms with Crippen molar-refractivity contribution in [3.05, 3.63) is 0 Å². The monoisotopic (exact) mass is 168 g/mol. The van der Waals surface area contributed by atoms with Crippen molar-refractivity contribution in [3.8, 4) is 0 Å². The third-order valence-corrected chi connectivity index (χ3v) is 4.20. The Balaban J connectivity index is 2.14. The fourth-order valence-electron chi connectivity index (χ4n) is 2.74. The van der Waals surface area contributed by atoms with E-state index in [9.17, 15) is 0 Å². The molecular weight excluding hydrogens is 148 g/mol. The minimum atomic E-state index is 0.506. The van der Waals surface area contributed by atoms with E-state index in [1.54, 1.807) is 0 Å². The highest BCUT2D eigenvalue weighted by atomic mass is 16.5. The van der Waals surface area contributed by atoms with E-state index in [0.29, 0.717) is 11.5 Å². The Morgan fingerprint density at radius 2 is 2.08 bits per heavy atom. The van der Waals surface area contributed by atoms with E-state index in [1.165, 1.54) is 19.3 Å². The van der Waals surface area contributed by atoms with Gasteiger partial charge in [-0.2, -0.15) is 0 Å². The summed E-state index contributed by atoms with van der Waals surface area (Å²) >= 11 is 0. The highest BCUT2D eigenvalue weighted by Crippen LogP contribution is 2.49. The highest BCUT2D eigenvalue weighted by molar-refractivity contribution is 4.96. The minimum Gasteiger partial charge on any atom is -0.377 e. The summed E-state index contributed by atoms with van der Waals surface area (Å²) in [6.07, 6.45) is 4.64. The third kappa shape index (κ3) is 1.10. The lowest BCUT2D eigenvalue weighted by Gasteiger charge is -2.40. The summed E-state index contributed by atoms with van der Waals surface area (Å²) in [6.45, 7) is 8.11. The molecule has 1 heterocycles. The number of hydrogen-bond acceptors (Lipinski definition) is 1. The van der Waals surface area contributed by atoms with Crippen LogP contribution >= 0.6 is 0 Å². The van der Waals surface area contributed by atoms with Gasteiger partial charge in [0, 0.05) is 0 Å². The van der Waals surface area contributed by atoms with Crippen LogP contribution in [0.2, 0.25) is 0 Å². The Hall–Kier alpha value is -0.0400. The Morgan fingerprint density at radius 1 is 1.33 bits per heavy atom. The zero-order valence-corrected chi connectivity index (χ0v) is 8.47. The fourth-order valence-corrected chi connectivity index (χ4v) is 2.74. The van der Waals surface area contributed by atoms with Gasteiger partial charge in [-0.3, -0.25) is 0 Å². The maximum absolute atomic E-state index is 5.84. The molecule has 0 aromatic carbocycles. The summed E-state index contributed by atoms with van der Waals surface area (Å²) in [4.78, 5) is 0. The Kier molecular flexibility index (Phi) is 1.95. The van der Waals surface area contributed by atoms with E-state index in [0.717, 1.165) is 18.4 Å². The van der Waals surface area contributed by atoms with Gasteiger partial charge < -0.3 is 4.74 Å². The fraction of sp³-hybridized carbons (Fsp3) is 1.00. The first-order valence-electron chi connectivity index (χ1n) is 5.24. The maximum Gasteiger partial charge on any atom is 0.0634 e. The molecule has 2 aliphatic rings. The van der Waals surface area contributed by atoms with Gasteiger partial charge in [-0.1, -0.05) is 20.8 Å². The van der Waals surface area contributed by atoms with Crippen LogP contribution in [0.25, 0.3) is 0 Å². The molecule has 1 nitrogen and oxygen atoms in total. The first-order valence-corrected chi connectivity index (χ1v) is 5.24. The molecule has 1 saturated carbocycles. The summed E-state index contributed by atoms with van der Waals surface area (Å²) < 4.78 is 5.84. The lowest BCUT2D eigenvalue weighted by Crippen LogP contribution is -2.37. The van der Waals surface area contributed by atoms with Crippen LogP contribution in [-0.2, 0) is 4.74 Å². The van der Waals surface area contributed by atoms with Gasteiger partial charge in [0.25, 0.3) is 0 Å². The average molecular weight is 168 g/mol. The van der Waals surface area contributed by atoms with E-state index in [1.807, 2.05) is 0 Å². The Morgan fingerprint density at radius 3 is 2.83 bits per heavy atom. The van der Waals surface area contributed by atoms with Crippen LogP contribution in [0.4, 0.5) is 0 Å². The van der Waals surface area contributed by atoms with E-state index >= 15 is 0 Å². The molecule has 0 aromatic rings. The maximum atomic E-state index is 5.84. The van der Waals surface area contributed by atoms with Crippen LogP contribution in [0.15, 0.2) is 0 Å². The van der Waals surface area contributed by atoms with Crippen LogP contribution in [0.1, 0.15) is 40.0 Å². The van der Waals surface area contributed by atoms with E-state index in [-0.39, 0.29) is 0 Å². The van der Waals surface area contributed by atoms with Gasteiger partial charge in [0.15, 0.2) is 0 Å². The molecule has 0 bridgehead atoms. The number of hydrogen-bond donors (Lipinski definition) is 0. The molecule has 1 aliphatic carbocycles. The zero-order valence-electron chi connectivity index (χ0n) is 8.47. The SMILES string of the molecule is CC1CC[C@]2(C)[C@H](C1)OC[C@@H]2C. The smallest absolute Gasteiger partial charge is 0.0634 e. The van der Waals surface area contributed by atoms with Gasteiger partial charge in [-0.25, -0.2) is 0 Å². The van der Waals surface area contributed by atoms with Crippen molar-refractivity contribution < 1.29 is 4.74 Å². The number of ether oxygens (including phenoxy) is 1. The van der Waals surface area contributed by atoms with Crippen molar-refractivity contribution in [1.82, 2.24) is 0 Å². The summed E-state index contributed by atoms with van der Waals surface area (Å²) in [5.74, 6) is 1.66. The third-order valence-electron chi connectivity index (χ3n) is 4.20. The van der Waals surface area contributed by atoms with Gasteiger partial charge in [0.2, 0.25) is 0 Å². The van der Waals surface area contributed by atoms with Gasteiger partial charge in [0.05, 0.1) is 12.7 Å². The first-order chi connectivity index (χ1) is 5.63. The molecule has 1 saturated heterocycles. The molecule has 0 amide bonds. The predicted octanol–water partition coefficient (Wildman–Crippen LogP) is 2.85. The predicted molar refractivity (Wildman–Crippen MR) is 50.0 cm³/mol. The number of fused-ring (bicyclic) bond motifs is 1. The lowest BCUT2D eigenvalue weighted by molar-refractivity contribution is 0.00519. The van der Waals surface area contributed by atoms with Gasteiger partial charge in [0.1, 0.15) is 0 Å². The summed E-state index contributed by atoms with van der Waals surface area (Å²) in [6, 6.07) is 0. The normalized spacial score (nSPS) is 53.8. The van der Waals surface area contributed by atoms with Gasteiger partial charge >= 0.3 is 0 Å². The second-order valence-electron chi connectivity index (χ2n) is 5.11. The molecule has 0 radical (unpaired) electrons. The minimum absolute atomic E-state index is 0.506. The van der Waals surface area contributed by atoms with Crippen LogP contribution in [0.3, 0.4) is 0 Å². The van der Waals surface area contributed by atoms with Crippen LogP contribution < -0.4 is 0 Å². The van der Waals surface area contributed by atoms with Crippen LogP contribution in [0.5, 0.6) is 0 Å². The molecule has 0 aromatic heterocycles. The van der Waals surface area contributed by atoms with Gasteiger partial charge in [-0.15, -0.1) is 0 Å². The summed E-state index contributed by atoms with van der Waals surface area (Å²) in [7, 11) is 0. The molecule has 1 unspecified atom stereocenters. The molecule has 1 aliphatic heterocycles. The molecule has 70 valence electrons. The van der Waals surface area contributed by atoms with Crippen LogP contribution in [-0.4, -0.2) is 12.7 Å². The van der Waals surface area contributed by atoms with Crippen molar-refractivity contribution in [2.45, 2.75) is 46.1 Å². The van der Waals surface area contributed by atoms with E-state index in [4.69, 9.17) is 4.74 Å². The molecule has 1 heteroatoms. The van der Waals surface area contributed by atoms with Crippen molar-refractivity contribution in [1.29, 1.82) is 0 Å². The first kappa shape index (κ1) is 8.55. The molecule has 12 heavy (non-hydrogen) atoms. The Labute approximate surface area is 75.5 Å². The molecule has 0 N–H and O–H groups in total. The van der Waals surface area contributed by atoms with Crippen molar-refractivity contribution in [2.24, 2.45) is 17.3 Å². The van der Waals surface area contributed by atoms with Gasteiger partial charge in [-0.05, 0) is 36.5 Å². The number of rotatable bonds is 0. The van der Waals surface area contributed by atoms with E-state index < -0.39 is 0 Å². The van der Waals surface area contributed by atoms with Crippen LogP contribution in [0, 0.1) is 17.3 Å². The zero-order chi connectivity index (χ0) is 8.77. The molecule has 2 rings (SSSR count). The van der Waals surface area contributed by atoms with Crippen molar-refractivity contribution in [3.63, 3.8) is 0 Å². The standard InChI is InChI=1S/C11H20O/c1-8-4-5-11(3)9(2)7-12-10(11)6-8/h8-10H,4-7H2,1-3H3/t8?,9-,10-,11-/m0/s1. The summed E-state index contributed by atoms with van der Waals surface area (Å²) in [5.41, 5.74) is 0.506. The lowest BCUT2D eigenvalue weighted by atomic mass is 9.65. The largest absolute Gasteiger partial charge is 0.377 e. The molecule has 2 fully saturated rings. The average Bonchev–Trinajstić information content (AvgIpc) is 2.31. The highest BCUT2D eigenvalue weighted by Gasteiger charge is 2.47. The van der Waals surface area contributed by atoms with Crippen molar-refractivity contribution >= 4 is 0 Å². The second-order valence-corrected chi connectivity index (χ2v) is 5.11. The van der Waals surface area contributed by atoms with Crippen molar-refractivity contribution in [2.75, 3.05) is 6.61 Å². The quantitative estimate of drug-likeness (QED) is 0.540. The molecule has 4 atom stereocenters.